The van der Waals surface area contributed by atoms with E-state index in [9.17, 15) is 8.78 Å². The Kier molecular flexibility index (Phi) is 5.02. The van der Waals surface area contributed by atoms with Crippen molar-refractivity contribution in [3.63, 3.8) is 0 Å². The topological polar surface area (TPSA) is 49.0 Å². The van der Waals surface area contributed by atoms with E-state index in [0.717, 1.165) is 5.69 Å². The first-order valence-electron chi connectivity index (χ1n) is 5.89. The molecule has 0 unspecified atom stereocenters. The molecule has 0 aliphatic carbocycles. The van der Waals surface area contributed by atoms with Crippen molar-refractivity contribution in [1.29, 1.82) is 5.26 Å². The van der Waals surface area contributed by atoms with Crippen molar-refractivity contribution in [2.45, 2.75) is 18.1 Å². The van der Waals surface area contributed by atoms with Gasteiger partial charge in [-0.3, -0.25) is 0 Å². The van der Waals surface area contributed by atoms with Crippen LogP contribution in [0.3, 0.4) is 0 Å². The number of nitrogens with zero attached hydrogens (tertiary/aromatic N) is 1. The summed E-state index contributed by atoms with van der Waals surface area (Å²) < 4.78 is 29.5. The zero-order valence-electron chi connectivity index (χ0n) is 10.5. The molecule has 0 amide bonds. The molecular weight excluding hydrogens is 282 g/mol. The molecule has 20 heavy (non-hydrogen) atoms. The number of nitrogens with one attached hydrogen (secondary N) is 1. The van der Waals surface area contributed by atoms with Gasteiger partial charge in [-0.15, -0.1) is 0 Å². The second-order valence-corrected chi connectivity index (χ2v) is 4.93. The van der Waals surface area contributed by atoms with Crippen molar-refractivity contribution in [3.8, 4) is 6.07 Å². The van der Waals surface area contributed by atoms with E-state index in [1.165, 1.54) is 0 Å². The summed E-state index contributed by atoms with van der Waals surface area (Å²) in [5.74, 6) is -1.10. The summed E-state index contributed by atoms with van der Waals surface area (Å²) >= 11 is 0.528. The van der Waals surface area contributed by atoms with Crippen molar-refractivity contribution in [3.05, 3.63) is 53.5 Å². The maximum Gasteiger partial charge on any atom is 0.284 e. The molecule has 0 radical (unpaired) electrons. The van der Waals surface area contributed by atoms with Gasteiger partial charge in [0.1, 0.15) is 17.6 Å². The van der Waals surface area contributed by atoms with Crippen LogP contribution in [0.25, 0.3) is 0 Å². The minimum atomic E-state index is -2.40. The summed E-state index contributed by atoms with van der Waals surface area (Å²) in [5.41, 5.74) is 1.27. The molecule has 3 nitrogen and oxygen atoms in total. The number of alkyl halides is 2. The molecule has 0 bridgehead atoms. The molecule has 104 valence electrons. The van der Waals surface area contributed by atoms with E-state index >= 15 is 0 Å². The highest BCUT2D eigenvalue weighted by Crippen LogP contribution is 2.22. The summed E-state index contributed by atoms with van der Waals surface area (Å²) in [5, 5.41) is 12.0. The number of nitriles is 1. The third-order valence-electron chi connectivity index (χ3n) is 2.57. The van der Waals surface area contributed by atoms with E-state index in [-0.39, 0.29) is 5.75 Å². The van der Waals surface area contributed by atoms with Crippen molar-refractivity contribution in [2.24, 2.45) is 0 Å². The van der Waals surface area contributed by atoms with Crippen LogP contribution in [0.15, 0.2) is 40.8 Å². The minimum Gasteiger partial charge on any atom is -0.463 e. The largest absolute Gasteiger partial charge is 0.463 e. The predicted octanol–water partition coefficient (Wildman–Crippen LogP) is 4.22. The fraction of sp³-hybridized carbons (Fsp3) is 0.214. The first kappa shape index (κ1) is 14.4. The Labute approximate surface area is 119 Å². The zero-order chi connectivity index (χ0) is 14.4. The average molecular weight is 294 g/mol. The SMILES string of the molecule is N#Cc1ccccc1NCc1ccc(CSC(F)F)o1. The molecular formula is C14H12F2N2OS. The molecule has 0 aliphatic rings. The van der Waals surface area contributed by atoms with Gasteiger partial charge in [0.25, 0.3) is 5.76 Å². The fourth-order valence-corrected chi connectivity index (χ4v) is 2.10. The van der Waals surface area contributed by atoms with E-state index < -0.39 is 5.76 Å². The highest BCUT2D eigenvalue weighted by atomic mass is 32.2. The van der Waals surface area contributed by atoms with Crippen LogP contribution in [0.2, 0.25) is 0 Å². The summed E-state index contributed by atoms with van der Waals surface area (Å²) in [6, 6.07) is 12.6. The molecule has 0 fully saturated rings. The van der Waals surface area contributed by atoms with Gasteiger partial charge < -0.3 is 9.73 Å². The predicted molar refractivity (Wildman–Crippen MR) is 74.5 cm³/mol. The van der Waals surface area contributed by atoms with Crippen LogP contribution in [0.4, 0.5) is 14.5 Å². The molecule has 1 aromatic heterocycles. The molecule has 0 atom stereocenters. The van der Waals surface area contributed by atoms with E-state index in [2.05, 4.69) is 11.4 Å². The summed E-state index contributed by atoms with van der Waals surface area (Å²) in [6.45, 7) is 0.401. The van der Waals surface area contributed by atoms with Crippen molar-refractivity contribution in [2.75, 3.05) is 5.32 Å². The van der Waals surface area contributed by atoms with E-state index in [1.807, 2.05) is 6.07 Å². The summed E-state index contributed by atoms with van der Waals surface area (Å²) in [4.78, 5) is 0. The Balaban J connectivity index is 1.93. The van der Waals surface area contributed by atoms with Crippen molar-refractivity contribution < 1.29 is 13.2 Å². The van der Waals surface area contributed by atoms with Gasteiger partial charge in [-0.25, -0.2) is 0 Å². The van der Waals surface area contributed by atoms with E-state index in [4.69, 9.17) is 9.68 Å². The summed E-state index contributed by atoms with van der Waals surface area (Å²) in [6.07, 6.45) is 0. The number of rotatable bonds is 6. The molecule has 0 spiro atoms. The highest BCUT2D eigenvalue weighted by Gasteiger charge is 2.07. The number of hydrogen-bond donors (Lipinski definition) is 1. The van der Waals surface area contributed by atoms with Gasteiger partial charge in [-0.2, -0.15) is 14.0 Å². The lowest BCUT2D eigenvalue weighted by Crippen LogP contribution is -1.99. The van der Waals surface area contributed by atoms with Gasteiger partial charge in [-0.05, 0) is 24.3 Å². The van der Waals surface area contributed by atoms with E-state index in [1.54, 1.807) is 30.3 Å². The maximum absolute atomic E-state index is 12.1. The fourth-order valence-electron chi connectivity index (χ4n) is 1.66. The third kappa shape index (κ3) is 4.00. The van der Waals surface area contributed by atoms with Crippen LogP contribution >= 0.6 is 11.8 Å². The average Bonchev–Trinajstić information content (AvgIpc) is 2.91. The van der Waals surface area contributed by atoms with Crippen LogP contribution in [0.5, 0.6) is 0 Å². The molecule has 1 N–H and O–H groups in total. The Morgan fingerprint density at radius 2 is 1.95 bits per heavy atom. The minimum absolute atomic E-state index is 0.145. The van der Waals surface area contributed by atoms with Crippen LogP contribution < -0.4 is 5.32 Å². The van der Waals surface area contributed by atoms with Crippen molar-refractivity contribution in [1.82, 2.24) is 0 Å². The van der Waals surface area contributed by atoms with Gasteiger partial charge in [0.2, 0.25) is 0 Å². The van der Waals surface area contributed by atoms with Crippen LogP contribution in [0.1, 0.15) is 17.1 Å². The molecule has 1 aromatic carbocycles. The standard InChI is InChI=1S/C14H12F2N2OS/c15-14(16)20-9-12-6-5-11(19-12)8-18-13-4-2-1-3-10(13)7-17/h1-6,14,18H,8-9H2. The Morgan fingerprint density at radius 3 is 2.70 bits per heavy atom. The lowest BCUT2D eigenvalue weighted by molar-refractivity contribution is 0.251. The number of benzene rings is 1. The number of para-hydroxylation sites is 1. The lowest BCUT2D eigenvalue weighted by Gasteiger charge is -2.05. The van der Waals surface area contributed by atoms with Crippen LogP contribution in [-0.2, 0) is 12.3 Å². The Morgan fingerprint density at radius 1 is 1.20 bits per heavy atom. The number of thioether (sulfide) groups is 1. The maximum atomic E-state index is 12.1. The third-order valence-corrected chi connectivity index (χ3v) is 3.27. The number of halogens is 2. The Hall–Kier alpha value is -2.00. The molecule has 0 aliphatic heterocycles. The quantitative estimate of drug-likeness (QED) is 0.866. The molecule has 2 aromatic rings. The first-order chi connectivity index (χ1) is 9.69. The van der Waals surface area contributed by atoms with Gasteiger partial charge in [0, 0.05) is 0 Å². The highest BCUT2D eigenvalue weighted by molar-refractivity contribution is 7.98. The monoisotopic (exact) mass is 294 g/mol. The van der Waals surface area contributed by atoms with Gasteiger partial charge in [0.15, 0.2) is 0 Å². The van der Waals surface area contributed by atoms with E-state index in [0.29, 0.717) is 35.4 Å². The second kappa shape index (κ2) is 6.96. The van der Waals surface area contributed by atoms with Crippen molar-refractivity contribution >= 4 is 17.4 Å². The lowest BCUT2D eigenvalue weighted by atomic mass is 10.2. The first-order valence-corrected chi connectivity index (χ1v) is 6.94. The summed E-state index contributed by atoms with van der Waals surface area (Å²) in [7, 11) is 0. The number of anilines is 1. The van der Waals surface area contributed by atoms with Crippen LogP contribution in [-0.4, -0.2) is 5.76 Å². The second-order valence-electron chi connectivity index (χ2n) is 3.95. The number of hydrogen-bond acceptors (Lipinski definition) is 4. The zero-order valence-corrected chi connectivity index (χ0v) is 11.3. The smallest absolute Gasteiger partial charge is 0.284 e. The molecule has 1 heterocycles. The van der Waals surface area contributed by atoms with Gasteiger partial charge in [-0.1, -0.05) is 23.9 Å². The van der Waals surface area contributed by atoms with Gasteiger partial charge in [0.05, 0.1) is 23.5 Å². The van der Waals surface area contributed by atoms with Crippen LogP contribution in [0, 0.1) is 11.3 Å². The molecule has 0 saturated carbocycles. The van der Waals surface area contributed by atoms with Gasteiger partial charge >= 0.3 is 0 Å². The number of furan rings is 1. The normalized spacial score (nSPS) is 10.5. The Bertz CT molecular complexity index is 607. The molecule has 6 heteroatoms. The molecule has 2 rings (SSSR count). The molecule has 0 saturated heterocycles.